The first kappa shape index (κ1) is 21.5. The molecule has 0 bridgehead atoms. The first-order valence-electron chi connectivity index (χ1n) is 9.43. The summed E-state index contributed by atoms with van der Waals surface area (Å²) >= 11 is 0. The van der Waals surface area contributed by atoms with Gasteiger partial charge < -0.3 is 5.32 Å². The normalized spacial score (nSPS) is 12.3. The van der Waals surface area contributed by atoms with Crippen LogP contribution in [0.1, 0.15) is 40.0 Å². The summed E-state index contributed by atoms with van der Waals surface area (Å²) in [5.41, 5.74) is 3.40. The van der Waals surface area contributed by atoms with Crippen molar-refractivity contribution < 1.29 is 17.6 Å². The van der Waals surface area contributed by atoms with E-state index in [-0.39, 0.29) is 22.5 Å². The van der Waals surface area contributed by atoms with Gasteiger partial charge in [-0.05, 0) is 68.3 Å². The quantitative estimate of drug-likeness (QED) is 0.598. The molecule has 5 nitrogen and oxygen atoms in total. The minimum absolute atomic E-state index is 0.0649. The Labute approximate surface area is 176 Å². The van der Waals surface area contributed by atoms with Gasteiger partial charge in [0.15, 0.2) is 0 Å². The molecule has 0 aromatic heterocycles. The lowest BCUT2D eigenvalue weighted by Crippen LogP contribution is -2.27. The molecular formula is C23H23FN2O3S. The van der Waals surface area contributed by atoms with Gasteiger partial charge in [-0.3, -0.25) is 9.52 Å². The van der Waals surface area contributed by atoms with Crippen molar-refractivity contribution in [1.29, 1.82) is 0 Å². The van der Waals surface area contributed by atoms with E-state index in [1.54, 1.807) is 0 Å². The Bertz CT molecular complexity index is 1180. The van der Waals surface area contributed by atoms with Crippen LogP contribution < -0.4 is 10.0 Å². The van der Waals surface area contributed by atoms with Crippen LogP contribution in [0, 0.1) is 19.7 Å². The van der Waals surface area contributed by atoms with Crippen LogP contribution in [0.2, 0.25) is 0 Å². The van der Waals surface area contributed by atoms with Crippen molar-refractivity contribution in [3.8, 4) is 0 Å². The Kier molecular flexibility index (Phi) is 6.22. The third-order valence-electron chi connectivity index (χ3n) is 4.79. The number of hydrogen-bond donors (Lipinski definition) is 2. The van der Waals surface area contributed by atoms with Gasteiger partial charge in [-0.1, -0.05) is 35.9 Å². The number of para-hydroxylation sites is 1. The standard InChI is InChI=1S/C23H23FN2O3S/c1-15-8-9-16(2)20(14-15)17(3)25-23(27)18-10-12-19(13-11-18)30(28,29)26-22-7-5-4-6-21(22)24/h4-14,17,26H,1-3H3,(H,25,27). The first-order valence-corrected chi connectivity index (χ1v) is 10.9. The predicted octanol–water partition coefficient (Wildman–Crippen LogP) is 4.73. The summed E-state index contributed by atoms with van der Waals surface area (Å²) in [4.78, 5) is 12.5. The highest BCUT2D eigenvalue weighted by molar-refractivity contribution is 7.92. The van der Waals surface area contributed by atoms with Crippen molar-refractivity contribution in [2.45, 2.75) is 31.7 Å². The molecule has 0 radical (unpaired) electrons. The zero-order valence-corrected chi connectivity index (χ0v) is 17.8. The molecule has 0 saturated carbocycles. The number of carbonyl (C=O) groups is 1. The highest BCUT2D eigenvalue weighted by atomic mass is 32.2. The molecule has 0 aliphatic carbocycles. The van der Waals surface area contributed by atoms with Gasteiger partial charge in [-0.2, -0.15) is 0 Å². The second-order valence-corrected chi connectivity index (χ2v) is 8.85. The molecule has 3 aromatic rings. The van der Waals surface area contributed by atoms with Gasteiger partial charge in [0.05, 0.1) is 16.6 Å². The van der Waals surface area contributed by atoms with Gasteiger partial charge in [0.25, 0.3) is 15.9 Å². The van der Waals surface area contributed by atoms with Gasteiger partial charge >= 0.3 is 0 Å². The van der Waals surface area contributed by atoms with Crippen LogP contribution in [0.15, 0.2) is 71.6 Å². The van der Waals surface area contributed by atoms with E-state index >= 15 is 0 Å². The fraction of sp³-hybridized carbons (Fsp3) is 0.174. The summed E-state index contributed by atoms with van der Waals surface area (Å²) in [5, 5.41) is 2.93. The predicted molar refractivity (Wildman–Crippen MR) is 115 cm³/mol. The van der Waals surface area contributed by atoms with E-state index in [2.05, 4.69) is 10.0 Å². The number of halogens is 1. The summed E-state index contributed by atoms with van der Waals surface area (Å²) in [7, 11) is -3.98. The van der Waals surface area contributed by atoms with Crippen LogP contribution >= 0.6 is 0 Å². The zero-order valence-electron chi connectivity index (χ0n) is 16.9. The number of hydrogen-bond acceptors (Lipinski definition) is 3. The molecule has 0 aliphatic rings. The van der Waals surface area contributed by atoms with Gasteiger partial charge in [0.2, 0.25) is 0 Å². The van der Waals surface area contributed by atoms with Crippen LogP contribution in [0.3, 0.4) is 0 Å². The van der Waals surface area contributed by atoms with E-state index < -0.39 is 15.8 Å². The van der Waals surface area contributed by atoms with Crippen LogP contribution in [-0.4, -0.2) is 14.3 Å². The van der Waals surface area contributed by atoms with Gasteiger partial charge in [-0.25, -0.2) is 12.8 Å². The van der Waals surface area contributed by atoms with Crippen molar-refractivity contribution in [2.24, 2.45) is 0 Å². The molecule has 2 N–H and O–H groups in total. The Balaban J connectivity index is 1.74. The minimum atomic E-state index is -3.98. The third kappa shape index (κ3) is 4.86. The number of rotatable bonds is 6. The molecule has 0 aliphatic heterocycles. The summed E-state index contributed by atoms with van der Waals surface area (Å²) in [6.07, 6.45) is 0. The Morgan fingerprint density at radius 3 is 2.30 bits per heavy atom. The number of carbonyl (C=O) groups excluding carboxylic acids is 1. The molecule has 0 heterocycles. The van der Waals surface area contributed by atoms with Crippen LogP contribution in [0.5, 0.6) is 0 Å². The highest BCUT2D eigenvalue weighted by Crippen LogP contribution is 2.21. The fourth-order valence-electron chi connectivity index (χ4n) is 3.12. The average molecular weight is 427 g/mol. The largest absolute Gasteiger partial charge is 0.346 e. The first-order chi connectivity index (χ1) is 14.2. The van der Waals surface area contributed by atoms with Crippen molar-refractivity contribution >= 4 is 21.6 Å². The average Bonchev–Trinajstić information content (AvgIpc) is 2.71. The molecular weight excluding hydrogens is 403 g/mol. The van der Waals surface area contributed by atoms with Gasteiger partial charge in [-0.15, -0.1) is 0 Å². The summed E-state index contributed by atoms with van der Waals surface area (Å²) in [6.45, 7) is 5.88. The molecule has 30 heavy (non-hydrogen) atoms. The number of anilines is 1. The maximum atomic E-state index is 13.7. The smallest absolute Gasteiger partial charge is 0.261 e. The van der Waals surface area contributed by atoms with Crippen molar-refractivity contribution in [1.82, 2.24) is 5.32 Å². The summed E-state index contributed by atoms with van der Waals surface area (Å²) in [6, 6.07) is 16.9. The maximum absolute atomic E-state index is 13.7. The molecule has 3 rings (SSSR count). The number of amides is 1. The molecule has 0 fully saturated rings. The van der Waals surface area contributed by atoms with Crippen molar-refractivity contribution in [3.05, 3.63) is 94.8 Å². The van der Waals surface area contributed by atoms with E-state index in [0.717, 1.165) is 16.7 Å². The van der Waals surface area contributed by atoms with Gasteiger partial charge in [0.1, 0.15) is 5.82 Å². The fourth-order valence-corrected chi connectivity index (χ4v) is 4.18. The highest BCUT2D eigenvalue weighted by Gasteiger charge is 2.18. The van der Waals surface area contributed by atoms with E-state index in [0.29, 0.717) is 5.56 Å². The van der Waals surface area contributed by atoms with Crippen LogP contribution in [0.4, 0.5) is 10.1 Å². The maximum Gasteiger partial charge on any atom is 0.261 e. The molecule has 1 amide bonds. The monoisotopic (exact) mass is 426 g/mol. The lowest BCUT2D eigenvalue weighted by atomic mass is 10.00. The molecule has 3 aromatic carbocycles. The number of benzene rings is 3. The summed E-state index contributed by atoms with van der Waals surface area (Å²) in [5.74, 6) is -0.980. The Morgan fingerprint density at radius 2 is 1.63 bits per heavy atom. The Morgan fingerprint density at radius 1 is 0.967 bits per heavy atom. The number of nitrogens with one attached hydrogen (secondary N) is 2. The Hall–Kier alpha value is -3.19. The molecule has 7 heteroatoms. The van der Waals surface area contributed by atoms with Crippen molar-refractivity contribution in [3.63, 3.8) is 0 Å². The summed E-state index contributed by atoms with van der Waals surface area (Å²) < 4.78 is 40.9. The van der Waals surface area contributed by atoms with E-state index in [1.165, 1.54) is 48.5 Å². The zero-order chi connectivity index (χ0) is 21.9. The van der Waals surface area contributed by atoms with E-state index in [4.69, 9.17) is 0 Å². The number of aryl methyl sites for hydroxylation is 2. The molecule has 0 spiro atoms. The molecule has 1 atom stereocenters. The molecule has 0 saturated heterocycles. The van der Waals surface area contributed by atoms with Crippen LogP contribution in [-0.2, 0) is 10.0 Å². The van der Waals surface area contributed by atoms with Gasteiger partial charge in [0, 0.05) is 5.56 Å². The number of sulfonamides is 1. The lowest BCUT2D eigenvalue weighted by molar-refractivity contribution is 0.0939. The second kappa shape index (κ2) is 8.67. The van der Waals surface area contributed by atoms with Crippen LogP contribution in [0.25, 0.3) is 0 Å². The topological polar surface area (TPSA) is 75.3 Å². The second-order valence-electron chi connectivity index (χ2n) is 7.16. The molecule has 156 valence electrons. The van der Waals surface area contributed by atoms with Crippen molar-refractivity contribution in [2.75, 3.05) is 4.72 Å². The van der Waals surface area contributed by atoms with E-state index in [1.807, 2.05) is 39.0 Å². The lowest BCUT2D eigenvalue weighted by Gasteiger charge is -2.17. The third-order valence-corrected chi connectivity index (χ3v) is 6.18. The van der Waals surface area contributed by atoms with E-state index in [9.17, 15) is 17.6 Å². The SMILES string of the molecule is Cc1ccc(C)c(C(C)NC(=O)c2ccc(S(=O)(=O)Nc3ccccc3F)cc2)c1. The molecule has 1 unspecified atom stereocenters. The minimum Gasteiger partial charge on any atom is -0.346 e.